The molecule has 0 saturated heterocycles. The summed E-state index contributed by atoms with van der Waals surface area (Å²) in [5.74, 6) is -0.906. The molecular weight excluding hydrogens is 374 g/mol. The maximum atomic E-state index is 11.2. The highest BCUT2D eigenvalue weighted by Crippen LogP contribution is 2.47. The number of para-hydroxylation sites is 1. The van der Waals surface area contributed by atoms with E-state index < -0.39 is 10.8 Å². The number of phenols is 1. The van der Waals surface area contributed by atoms with Crippen molar-refractivity contribution in [1.82, 2.24) is 9.78 Å². The summed E-state index contributed by atoms with van der Waals surface area (Å²) in [5.41, 5.74) is 7.79. The number of nitro benzene ring substituents is 1. The molecule has 4 rings (SSSR count). The number of rotatable bonds is 3. The molecule has 1 atom stereocenters. The zero-order valence-corrected chi connectivity index (χ0v) is 15.2. The van der Waals surface area contributed by atoms with Crippen LogP contribution < -0.4 is 10.5 Å². The van der Waals surface area contributed by atoms with Gasteiger partial charge in [-0.3, -0.25) is 10.1 Å². The summed E-state index contributed by atoms with van der Waals surface area (Å²) in [4.78, 5) is 10.7. The summed E-state index contributed by atoms with van der Waals surface area (Å²) >= 11 is 0. The van der Waals surface area contributed by atoms with E-state index in [9.17, 15) is 20.5 Å². The number of aromatic nitrogens is 2. The number of benzene rings is 2. The lowest BCUT2D eigenvalue weighted by atomic mass is 9.83. The van der Waals surface area contributed by atoms with E-state index in [-0.39, 0.29) is 28.5 Å². The van der Waals surface area contributed by atoms with E-state index in [1.54, 1.807) is 11.6 Å². The maximum Gasteiger partial charge on any atom is 0.270 e. The van der Waals surface area contributed by atoms with Crippen molar-refractivity contribution < 1.29 is 14.8 Å². The third kappa shape index (κ3) is 2.83. The highest BCUT2D eigenvalue weighted by atomic mass is 16.6. The van der Waals surface area contributed by atoms with Gasteiger partial charge in [0, 0.05) is 17.7 Å². The van der Waals surface area contributed by atoms with Crippen LogP contribution in [0.5, 0.6) is 11.6 Å². The molecule has 3 N–H and O–H groups in total. The van der Waals surface area contributed by atoms with Crippen molar-refractivity contribution in [3.8, 4) is 23.4 Å². The lowest BCUT2D eigenvalue weighted by Crippen LogP contribution is -2.22. The highest BCUT2D eigenvalue weighted by molar-refractivity contribution is 5.61. The second-order valence-electron chi connectivity index (χ2n) is 6.48. The SMILES string of the molecule is Cc1nn(-c2ccccc2)c2c1C(c1cc([N+](=O)[O-])ccc1O)C(C#N)=C(N)O2. The number of fused-ring (bicyclic) bond motifs is 1. The van der Waals surface area contributed by atoms with Crippen molar-refractivity contribution in [3.63, 3.8) is 0 Å². The van der Waals surface area contributed by atoms with Crippen LogP contribution in [0, 0.1) is 28.4 Å². The van der Waals surface area contributed by atoms with Gasteiger partial charge in [0.05, 0.1) is 27.8 Å². The van der Waals surface area contributed by atoms with Crippen molar-refractivity contribution in [2.75, 3.05) is 0 Å². The van der Waals surface area contributed by atoms with Gasteiger partial charge in [-0.2, -0.15) is 10.4 Å². The Morgan fingerprint density at radius 1 is 1.31 bits per heavy atom. The highest BCUT2D eigenvalue weighted by Gasteiger charge is 2.38. The molecule has 3 aromatic rings. The number of ether oxygens (including phenoxy) is 1. The molecular formula is C20H15N5O4. The first-order chi connectivity index (χ1) is 13.9. The standard InChI is InChI=1S/C20H15N5O4/c1-11-17-18(14-9-13(25(27)28)7-8-16(14)26)15(10-21)19(22)29-20(17)24(23-11)12-5-3-2-4-6-12/h2-9,18,26H,22H2,1H3. The van der Waals surface area contributed by atoms with Crippen molar-refractivity contribution in [2.45, 2.75) is 12.8 Å². The third-order valence-electron chi connectivity index (χ3n) is 4.77. The predicted octanol–water partition coefficient (Wildman–Crippen LogP) is 3.01. The summed E-state index contributed by atoms with van der Waals surface area (Å²) in [5, 5.41) is 35.9. The Hall–Kier alpha value is -4.32. The van der Waals surface area contributed by atoms with Gasteiger partial charge >= 0.3 is 0 Å². The Bertz CT molecular complexity index is 1210. The van der Waals surface area contributed by atoms with Gasteiger partial charge in [0.2, 0.25) is 11.8 Å². The molecule has 1 unspecified atom stereocenters. The first-order valence-corrected chi connectivity index (χ1v) is 8.62. The third-order valence-corrected chi connectivity index (χ3v) is 4.77. The summed E-state index contributed by atoms with van der Waals surface area (Å²) in [7, 11) is 0. The van der Waals surface area contributed by atoms with Crippen molar-refractivity contribution in [2.24, 2.45) is 5.73 Å². The first-order valence-electron chi connectivity index (χ1n) is 8.62. The monoisotopic (exact) mass is 389 g/mol. The van der Waals surface area contributed by atoms with E-state index in [1.807, 2.05) is 36.4 Å². The minimum absolute atomic E-state index is 0.0454. The molecule has 9 heteroatoms. The fourth-order valence-corrected chi connectivity index (χ4v) is 3.46. The Kier molecular flexibility index (Phi) is 4.16. The minimum Gasteiger partial charge on any atom is -0.508 e. The number of hydrogen-bond acceptors (Lipinski definition) is 7. The number of nitrogens with zero attached hydrogens (tertiary/aromatic N) is 4. The van der Waals surface area contributed by atoms with Crippen molar-refractivity contribution >= 4 is 5.69 Å². The van der Waals surface area contributed by atoms with Crippen LogP contribution in [0.2, 0.25) is 0 Å². The second-order valence-corrected chi connectivity index (χ2v) is 6.48. The zero-order chi connectivity index (χ0) is 20.7. The molecule has 0 aliphatic carbocycles. The molecule has 0 spiro atoms. The topological polar surface area (TPSA) is 140 Å². The number of allylic oxidation sites excluding steroid dienone is 1. The molecule has 1 aromatic heterocycles. The fourth-order valence-electron chi connectivity index (χ4n) is 3.46. The van der Waals surface area contributed by atoms with Gasteiger partial charge in [0.25, 0.3) is 5.69 Å². The van der Waals surface area contributed by atoms with Crippen LogP contribution >= 0.6 is 0 Å². The van der Waals surface area contributed by atoms with Crippen LogP contribution in [0.25, 0.3) is 5.69 Å². The van der Waals surface area contributed by atoms with Gasteiger partial charge in [-0.15, -0.1) is 0 Å². The maximum absolute atomic E-state index is 11.2. The molecule has 0 amide bonds. The molecule has 0 fully saturated rings. The summed E-state index contributed by atoms with van der Waals surface area (Å²) in [6.45, 7) is 1.74. The molecule has 9 nitrogen and oxygen atoms in total. The van der Waals surface area contributed by atoms with Gasteiger partial charge in [-0.25, -0.2) is 4.68 Å². The fraction of sp³-hybridized carbons (Fsp3) is 0.100. The largest absolute Gasteiger partial charge is 0.508 e. The number of nitrogens with two attached hydrogens (primary N) is 1. The molecule has 2 heterocycles. The lowest BCUT2D eigenvalue weighted by Gasteiger charge is -2.25. The van der Waals surface area contributed by atoms with Gasteiger partial charge in [0.1, 0.15) is 17.4 Å². The van der Waals surface area contributed by atoms with Crippen LogP contribution in [0.3, 0.4) is 0 Å². The van der Waals surface area contributed by atoms with Gasteiger partial charge in [-0.05, 0) is 25.1 Å². The summed E-state index contributed by atoms with van der Waals surface area (Å²) in [6.07, 6.45) is 0. The quantitative estimate of drug-likeness (QED) is 0.518. The predicted molar refractivity (Wildman–Crippen MR) is 102 cm³/mol. The average molecular weight is 389 g/mol. The van der Waals surface area contributed by atoms with Crippen molar-refractivity contribution in [3.05, 3.63) is 86.9 Å². The summed E-state index contributed by atoms with van der Waals surface area (Å²) < 4.78 is 7.28. The van der Waals surface area contributed by atoms with Gasteiger partial charge in [0.15, 0.2) is 0 Å². The van der Waals surface area contributed by atoms with E-state index in [2.05, 4.69) is 5.10 Å². The van der Waals surface area contributed by atoms with E-state index in [0.29, 0.717) is 22.8 Å². The van der Waals surface area contributed by atoms with Crippen LogP contribution in [-0.4, -0.2) is 19.8 Å². The number of non-ortho nitro benzene ring substituents is 1. The summed E-state index contributed by atoms with van der Waals surface area (Å²) in [6, 6.07) is 14.9. The number of hydrogen-bond donors (Lipinski definition) is 2. The van der Waals surface area contributed by atoms with Crippen LogP contribution in [-0.2, 0) is 0 Å². The molecule has 1 aliphatic rings. The van der Waals surface area contributed by atoms with Gasteiger partial charge in [-0.1, -0.05) is 18.2 Å². The van der Waals surface area contributed by atoms with Crippen LogP contribution in [0.15, 0.2) is 60.0 Å². The Balaban J connectivity index is 2.00. The van der Waals surface area contributed by atoms with E-state index in [0.717, 1.165) is 0 Å². The lowest BCUT2D eigenvalue weighted by molar-refractivity contribution is -0.384. The number of nitro groups is 1. The zero-order valence-electron chi connectivity index (χ0n) is 15.2. The van der Waals surface area contributed by atoms with E-state index in [4.69, 9.17) is 10.5 Å². The average Bonchev–Trinajstić information content (AvgIpc) is 3.04. The minimum atomic E-state index is -0.860. The second kappa shape index (κ2) is 6.69. The Morgan fingerprint density at radius 3 is 2.69 bits per heavy atom. The Morgan fingerprint density at radius 2 is 2.03 bits per heavy atom. The van der Waals surface area contributed by atoms with Gasteiger partial charge < -0.3 is 15.6 Å². The van der Waals surface area contributed by atoms with E-state index in [1.165, 1.54) is 18.2 Å². The number of aromatic hydroxyl groups is 1. The molecule has 144 valence electrons. The molecule has 0 bridgehead atoms. The molecule has 0 radical (unpaired) electrons. The number of phenolic OH excluding ortho intramolecular Hbond substituents is 1. The van der Waals surface area contributed by atoms with Crippen LogP contribution in [0.1, 0.15) is 22.7 Å². The molecule has 0 saturated carbocycles. The van der Waals surface area contributed by atoms with Crippen LogP contribution in [0.4, 0.5) is 5.69 Å². The first kappa shape index (κ1) is 18.1. The normalized spacial score (nSPS) is 15.4. The number of aryl methyl sites for hydroxylation is 1. The van der Waals surface area contributed by atoms with Crippen molar-refractivity contribution in [1.29, 1.82) is 5.26 Å². The molecule has 1 aliphatic heterocycles. The smallest absolute Gasteiger partial charge is 0.270 e. The number of nitriles is 1. The Labute approximate surface area is 165 Å². The molecule has 2 aromatic carbocycles. The molecule has 29 heavy (non-hydrogen) atoms. The van der Waals surface area contributed by atoms with E-state index >= 15 is 0 Å².